The van der Waals surface area contributed by atoms with Crippen LogP contribution in [0.15, 0.2) is 72.8 Å². The van der Waals surface area contributed by atoms with Gasteiger partial charge in [-0.1, -0.05) is 54.6 Å². The lowest BCUT2D eigenvalue weighted by Gasteiger charge is -2.12. The smallest absolute Gasteiger partial charge is 0.188 e. The standard InChI is InChI=1S/C22H22O4/c1-24-16-26-22-10-6-5-9-19(22)13-18-11-12-20(14-21(18)23)25-15-17-7-3-2-4-8-17/h2-12,14,23H,13,15-16H2,1H3. The second-order valence-electron chi connectivity index (χ2n) is 5.90. The molecule has 0 radical (unpaired) electrons. The monoisotopic (exact) mass is 350 g/mol. The summed E-state index contributed by atoms with van der Waals surface area (Å²) in [4.78, 5) is 0. The van der Waals surface area contributed by atoms with Gasteiger partial charge in [-0.25, -0.2) is 0 Å². The van der Waals surface area contributed by atoms with Crippen molar-refractivity contribution < 1.29 is 19.3 Å². The Morgan fingerprint density at radius 3 is 2.35 bits per heavy atom. The van der Waals surface area contributed by atoms with Crippen molar-refractivity contribution in [1.82, 2.24) is 0 Å². The summed E-state index contributed by atoms with van der Waals surface area (Å²) in [6, 6.07) is 23.1. The highest BCUT2D eigenvalue weighted by molar-refractivity contribution is 5.45. The number of hydrogen-bond donors (Lipinski definition) is 1. The molecule has 0 fully saturated rings. The molecule has 0 aliphatic rings. The zero-order chi connectivity index (χ0) is 18.2. The minimum absolute atomic E-state index is 0.190. The summed E-state index contributed by atoms with van der Waals surface area (Å²) in [7, 11) is 1.59. The van der Waals surface area contributed by atoms with Crippen molar-refractivity contribution in [2.45, 2.75) is 13.0 Å². The first-order valence-corrected chi connectivity index (χ1v) is 8.44. The molecule has 3 aromatic carbocycles. The van der Waals surface area contributed by atoms with E-state index in [1.54, 1.807) is 13.2 Å². The van der Waals surface area contributed by atoms with E-state index in [0.717, 1.165) is 22.4 Å². The van der Waals surface area contributed by atoms with E-state index in [2.05, 4.69) is 0 Å². The summed E-state index contributed by atoms with van der Waals surface area (Å²) in [5, 5.41) is 10.4. The zero-order valence-electron chi connectivity index (χ0n) is 14.7. The van der Waals surface area contributed by atoms with Gasteiger partial charge in [0, 0.05) is 19.6 Å². The molecule has 0 aliphatic heterocycles. The van der Waals surface area contributed by atoms with E-state index in [1.165, 1.54) is 0 Å². The normalized spacial score (nSPS) is 10.5. The van der Waals surface area contributed by atoms with Crippen LogP contribution in [0.25, 0.3) is 0 Å². The number of methoxy groups -OCH3 is 1. The Bertz CT molecular complexity index is 831. The summed E-state index contributed by atoms with van der Waals surface area (Å²) in [5.41, 5.74) is 2.88. The maximum absolute atomic E-state index is 10.4. The predicted octanol–water partition coefficient (Wildman–Crippen LogP) is 4.54. The first-order chi connectivity index (χ1) is 12.8. The SMILES string of the molecule is COCOc1ccccc1Cc1ccc(OCc2ccccc2)cc1O. The van der Waals surface area contributed by atoms with Crippen LogP contribution in [0.4, 0.5) is 0 Å². The largest absolute Gasteiger partial charge is 0.508 e. The summed E-state index contributed by atoms with van der Waals surface area (Å²) < 4.78 is 16.3. The van der Waals surface area contributed by atoms with Gasteiger partial charge in [0.1, 0.15) is 23.9 Å². The molecule has 134 valence electrons. The van der Waals surface area contributed by atoms with Crippen LogP contribution in [0.5, 0.6) is 17.2 Å². The lowest BCUT2D eigenvalue weighted by atomic mass is 10.0. The molecular weight excluding hydrogens is 328 g/mol. The molecule has 4 nitrogen and oxygen atoms in total. The molecule has 0 atom stereocenters. The van der Waals surface area contributed by atoms with E-state index >= 15 is 0 Å². The molecule has 0 aromatic heterocycles. The van der Waals surface area contributed by atoms with E-state index in [1.807, 2.05) is 66.7 Å². The Labute approximate surface area is 153 Å². The summed E-state index contributed by atoms with van der Waals surface area (Å²) in [5.74, 6) is 1.59. The van der Waals surface area contributed by atoms with Crippen LogP contribution < -0.4 is 9.47 Å². The molecule has 0 amide bonds. The van der Waals surface area contributed by atoms with Crippen LogP contribution in [0.3, 0.4) is 0 Å². The third-order valence-electron chi connectivity index (χ3n) is 3.99. The maximum Gasteiger partial charge on any atom is 0.188 e. The second-order valence-corrected chi connectivity index (χ2v) is 5.90. The highest BCUT2D eigenvalue weighted by atomic mass is 16.7. The molecule has 26 heavy (non-hydrogen) atoms. The molecule has 1 N–H and O–H groups in total. The topological polar surface area (TPSA) is 47.9 Å². The van der Waals surface area contributed by atoms with E-state index in [0.29, 0.717) is 18.8 Å². The predicted molar refractivity (Wildman–Crippen MR) is 101 cm³/mol. The van der Waals surface area contributed by atoms with Gasteiger partial charge in [0.2, 0.25) is 0 Å². The van der Waals surface area contributed by atoms with Crippen molar-refractivity contribution in [3.05, 3.63) is 89.5 Å². The van der Waals surface area contributed by atoms with Gasteiger partial charge >= 0.3 is 0 Å². The van der Waals surface area contributed by atoms with Crippen LogP contribution in [0.2, 0.25) is 0 Å². The van der Waals surface area contributed by atoms with Crippen LogP contribution in [0.1, 0.15) is 16.7 Å². The fourth-order valence-electron chi connectivity index (χ4n) is 2.64. The van der Waals surface area contributed by atoms with Crippen molar-refractivity contribution in [3.63, 3.8) is 0 Å². The third kappa shape index (κ3) is 4.77. The molecular formula is C22H22O4. The average Bonchev–Trinajstić information content (AvgIpc) is 2.68. The summed E-state index contributed by atoms with van der Waals surface area (Å²) >= 11 is 0. The van der Waals surface area contributed by atoms with Gasteiger partial charge < -0.3 is 19.3 Å². The molecule has 0 spiro atoms. The van der Waals surface area contributed by atoms with Crippen LogP contribution >= 0.6 is 0 Å². The Morgan fingerprint density at radius 2 is 1.58 bits per heavy atom. The number of phenolic OH excluding ortho intramolecular Hbond substituents is 1. The fourth-order valence-corrected chi connectivity index (χ4v) is 2.64. The molecule has 4 heteroatoms. The summed E-state index contributed by atoms with van der Waals surface area (Å²) in [6.07, 6.45) is 0.560. The van der Waals surface area contributed by atoms with Crippen molar-refractivity contribution in [2.75, 3.05) is 13.9 Å². The maximum atomic E-state index is 10.4. The fraction of sp³-hybridized carbons (Fsp3) is 0.182. The zero-order valence-corrected chi connectivity index (χ0v) is 14.7. The van der Waals surface area contributed by atoms with E-state index in [9.17, 15) is 5.11 Å². The van der Waals surface area contributed by atoms with Crippen molar-refractivity contribution in [2.24, 2.45) is 0 Å². The molecule has 0 saturated heterocycles. The van der Waals surface area contributed by atoms with Crippen LogP contribution in [-0.4, -0.2) is 19.0 Å². The van der Waals surface area contributed by atoms with E-state index < -0.39 is 0 Å². The van der Waals surface area contributed by atoms with Gasteiger partial charge in [0.05, 0.1) is 0 Å². The van der Waals surface area contributed by atoms with Crippen LogP contribution in [-0.2, 0) is 17.8 Å². The number of benzene rings is 3. The molecule has 0 aliphatic carbocycles. The Morgan fingerprint density at radius 1 is 0.808 bits per heavy atom. The first-order valence-electron chi connectivity index (χ1n) is 8.44. The third-order valence-corrected chi connectivity index (χ3v) is 3.99. The number of para-hydroxylation sites is 1. The molecule has 0 heterocycles. The lowest BCUT2D eigenvalue weighted by Crippen LogP contribution is -2.02. The lowest BCUT2D eigenvalue weighted by molar-refractivity contribution is 0.0505. The Kier molecular flexibility index (Phi) is 6.12. The van der Waals surface area contributed by atoms with Gasteiger partial charge in [-0.3, -0.25) is 0 Å². The van der Waals surface area contributed by atoms with E-state index in [-0.39, 0.29) is 12.5 Å². The Balaban J connectivity index is 1.68. The quantitative estimate of drug-likeness (QED) is 0.606. The summed E-state index contributed by atoms with van der Waals surface area (Å²) in [6.45, 7) is 0.655. The van der Waals surface area contributed by atoms with Crippen LogP contribution in [0, 0.1) is 0 Å². The second kappa shape index (κ2) is 8.92. The van der Waals surface area contributed by atoms with E-state index in [4.69, 9.17) is 14.2 Å². The molecule has 0 unspecified atom stereocenters. The highest BCUT2D eigenvalue weighted by Crippen LogP contribution is 2.29. The van der Waals surface area contributed by atoms with Gasteiger partial charge in [-0.15, -0.1) is 0 Å². The highest BCUT2D eigenvalue weighted by Gasteiger charge is 2.09. The minimum Gasteiger partial charge on any atom is -0.508 e. The molecule has 3 rings (SSSR count). The Hall–Kier alpha value is -2.98. The number of ether oxygens (including phenoxy) is 3. The molecule has 0 bridgehead atoms. The van der Waals surface area contributed by atoms with Gasteiger partial charge in [-0.05, 0) is 28.8 Å². The van der Waals surface area contributed by atoms with Gasteiger partial charge in [-0.2, -0.15) is 0 Å². The van der Waals surface area contributed by atoms with Crippen molar-refractivity contribution in [3.8, 4) is 17.2 Å². The number of aromatic hydroxyl groups is 1. The minimum atomic E-state index is 0.190. The van der Waals surface area contributed by atoms with Crippen molar-refractivity contribution >= 4 is 0 Å². The number of phenols is 1. The van der Waals surface area contributed by atoms with Gasteiger partial charge in [0.25, 0.3) is 0 Å². The molecule has 3 aromatic rings. The van der Waals surface area contributed by atoms with Crippen molar-refractivity contribution in [1.29, 1.82) is 0 Å². The number of rotatable bonds is 8. The number of hydrogen-bond acceptors (Lipinski definition) is 4. The molecule has 0 saturated carbocycles. The van der Waals surface area contributed by atoms with Gasteiger partial charge in [0.15, 0.2) is 6.79 Å². The first kappa shape index (κ1) is 17.8. The average molecular weight is 350 g/mol.